The van der Waals surface area contributed by atoms with Crippen LogP contribution >= 0.6 is 0 Å². The second-order valence-corrected chi connectivity index (χ2v) is 2.45. The molecule has 1 rings (SSSR count). The van der Waals surface area contributed by atoms with Crippen molar-refractivity contribution in [3.8, 4) is 0 Å². The van der Waals surface area contributed by atoms with E-state index in [1.54, 1.807) is 0 Å². The predicted molar refractivity (Wildman–Crippen MR) is 39.1 cm³/mol. The molecule has 0 spiro atoms. The van der Waals surface area contributed by atoms with Crippen molar-refractivity contribution in [2.75, 3.05) is 33.4 Å². The summed E-state index contributed by atoms with van der Waals surface area (Å²) in [4.78, 5) is 0. The Morgan fingerprint density at radius 1 is 1.40 bits per heavy atom. The summed E-state index contributed by atoms with van der Waals surface area (Å²) in [6.07, 6.45) is 1.37. The zero-order valence-electron chi connectivity index (χ0n) is 6.43. The third kappa shape index (κ3) is 2.64. The van der Waals surface area contributed by atoms with Gasteiger partial charge in [0.2, 0.25) is 0 Å². The Kier molecular flexibility index (Phi) is 3.72. The van der Waals surface area contributed by atoms with Gasteiger partial charge in [-0.05, 0) is 13.5 Å². The third-order valence-electron chi connectivity index (χ3n) is 1.60. The van der Waals surface area contributed by atoms with Crippen LogP contribution in [0.2, 0.25) is 0 Å². The van der Waals surface area contributed by atoms with Gasteiger partial charge in [0.1, 0.15) is 0 Å². The molecule has 1 N–H and O–H groups in total. The second-order valence-electron chi connectivity index (χ2n) is 2.45. The van der Waals surface area contributed by atoms with E-state index in [4.69, 9.17) is 9.47 Å². The molecule has 0 aliphatic carbocycles. The van der Waals surface area contributed by atoms with Crippen molar-refractivity contribution in [3.63, 3.8) is 0 Å². The molecule has 60 valence electrons. The molecule has 0 amide bonds. The lowest BCUT2D eigenvalue weighted by Crippen LogP contribution is -2.26. The van der Waals surface area contributed by atoms with Gasteiger partial charge in [-0.2, -0.15) is 0 Å². The molecule has 1 atom stereocenters. The maximum Gasteiger partial charge on any atom is 0.0722 e. The van der Waals surface area contributed by atoms with Gasteiger partial charge in [-0.1, -0.05) is 0 Å². The van der Waals surface area contributed by atoms with Gasteiger partial charge in [-0.25, -0.2) is 0 Å². The van der Waals surface area contributed by atoms with Crippen LogP contribution in [0, 0.1) is 0 Å². The van der Waals surface area contributed by atoms with Crippen LogP contribution < -0.4 is 5.32 Å². The van der Waals surface area contributed by atoms with Crippen molar-refractivity contribution in [2.45, 2.75) is 12.5 Å². The highest BCUT2D eigenvalue weighted by Gasteiger charge is 2.10. The molecule has 10 heavy (non-hydrogen) atoms. The first-order valence-corrected chi connectivity index (χ1v) is 3.77. The number of rotatable bonds is 2. The summed E-state index contributed by atoms with van der Waals surface area (Å²) in [5.74, 6) is 0. The summed E-state index contributed by atoms with van der Waals surface area (Å²) in [6, 6.07) is 0. The van der Waals surface area contributed by atoms with Gasteiger partial charge in [-0.15, -0.1) is 0 Å². The summed E-state index contributed by atoms with van der Waals surface area (Å²) in [5.41, 5.74) is 0. The lowest BCUT2D eigenvalue weighted by molar-refractivity contribution is 0.0552. The van der Waals surface area contributed by atoms with E-state index in [-0.39, 0.29) is 0 Å². The van der Waals surface area contributed by atoms with Crippen LogP contribution in [-0.2, 0) is 9.47 Å². The molecular weight excluding hydrogens is 130 g/mol. The molecule has 0 aromatic heterocycles. The van der Waals surface area contributed by atoms with E-state index in [2.05, 4.69) is 5.32 Å². The number of nitrogens with one attached hydrogen (secondary N) is 1. The van der Waals surface area contributed by atoms with Gasteiger partial charge < -0.3 is 14.8 Å². The number of ether oxygens (including phenoxy) is 2. The zero-order valence-corrected chi connectivity index (χ0v) is 6.43. The van der Waals surface area contributed by atoms with Gasteiger partial charge in [0, 0.05) is 13.2 Å². The van der Waals surface area contributed by atoms with Gasteiger partial charge in [0.05, 0.1) is 19.3 Å². The van der Waals surface area contributed by atoms with Crippen molar-refractivity contribution in [3.05, 3.63) is 0 Å². The van der Waals surface area contributed by atoms with Crippen LogP contribution in [0.5, 0.6) is 0 Å². The van der Waals surface area contributed by atoms with E-state index >= 15 is 0 Å². The van der Waals surface area contributed by atoms with E-state index in [1.807, 2.05) is 7.05 Å². The smallest absolute Gasteiger partial charge is 0.0722 e. The monoisotopic (exact) mass is 145 g/mol. The Balaban J connectivity index is 2.15. The Bertz CT molecular complexity index is 79.7. The predicted octanol–water partition coefficient (Wildman–Crippen LogP) is 0.0113. The maximum absolute atomic E-state index is 5.46. The Hall–Kier alpha value is -0.120. The molecule has 1 aliphatic rings. The minimum absolute atomic E-state index is 0.354. The first-order valence-electron chi connectivity index (χ1n) is 3.77. The minimum atomic E-state index is 0.354. The summed E-state index contributed by atoms with van der Waals surface area (Å²) >= 11 is 0. The van der Waals surface area contributed by atoms with Crippen LogP contribution in [0.4, 0.5) is 0 Å². The average Bonchev–Trinajstić information content (AvgIpc) is 2.17. The van der Waals surface area contributed by atoms with Crippen molar-refractivity contribution in [1.82, 2.24) is 5.32 Å². The topological polar surface area (TPSA) is 30.5 Å². The molecule has 3 heteroatoms. The number of likely N-dealkylation sites (N-methyl/N-ethyl adjacent to an activating group) is 1. The van der Waals surface area contributed by atoms with E-state index in [9.17, 15) is 0 Å². The molecule has 0 aromatic carbocycles. The Morgan fingerprint density at radius 2 is 2.30 bits per heavy atom. The fraction of sp³-hybridized carbons (Fsp3) is 1.00. The van der Waals surface area contributed by atoms with Gasteiger partial charge in [0.25, 0.3) is 0 Å². The molecule has 0 radical (unpaired) electrons. The highest BCUT2D eigenvalue weighted by molar-refractivity contribution is 4.61. The summed E-state index contributed by atoms with van der Waals surface area (Å²) in [7, 11) is 1.94. The van der Waals surface area contributed by atoms with E-state index in [0.717, 1.165) is 32.8 Å². The van der Waals surface area contributed by atoms with Crippen LogP contribution in [-0.4, -0.2) is 39.5 Å². The largest absolute Gasteiger partial charge is 0.379 e. The SMILES string of the molecule is CNCC1CCOCCO1. The van der Waals surface area contributed by atoms with E-state index < -0.39 is 0 Å². The van der Waals surface area contributed by atoms with Crippen LogP contribution in [0.3, 0.4) is 0 Å². The Morgan fingerprint density at radius 3 is 3.10 bits per heavy atom. The highest BCUT2D eigenvalue weighted by atomic mass is 16.5. The van der Waals surface area contributed by atoms with E-state index in [1.165, 1.54) is 0 Å². The lowest BCUT2D eigenvalue weighted by atomic mass is 10.2. The second kappa shape index (κ2) is 4.66. The van der Waals surface area contributed by atoms with Crippen molar-refractivity contribution in [1.29, 1.82) is 0 Å². The summed E-state index contributed by atoms with van der Waals surface area (Å²) in [5, 5.41) is 3.08. The maximum atomic E-state index is 5.46. The fourth-order valence-corrected chi connectivity index (χ4v) is 1.06. The molecule has 1 saturated heterocycles. The van der Waals surface area contributed by atoms with Crippen LogP contribution in [0.25, 0.3) is 0 Å². The van der Waals surface area contributed by atoms with Crippen molar-refractivity contribution < 1.29 is 9.47 Å². The summed E-state index contributed by atoms with van der Waals surface area (Å²) < 4.78 is 10.7. The zero-order chi connectivity index (χ0) is 7.23. The first kappa shape index (κ1) is 7.98. The molecule has 1 heterocycles. The lowest BCUT2D eigenvalue weighted by Gasteiger charge is -2.12. The molecule has 0 aromatic rings. The number of hydrogen-bond donors (Lipinski definition) is 1. The molecule has 3 nitrogen and oxygen atoms in total. The quantitative estimate of drug-likeness (QED) is 0.594. The molecule has 0 saturated carbocycles. The molecule has 1 unspecified atom stereocenters. The minimum Gasteiger partial charge on any atom is -0.379 e. The average molecular weight is 145 g/mol. The van der Waals surface area contributed by atoms with Crippen molar-refractivity contribution >= 4 is 0 Å². The van der Waals surface area contributed by atoms with Gasteiger partial charge >= 0.3 is 0 Å². The number of hydrogen-bond acceptors (Lipinski definition) is 3. The fourth-order valence-electron chi connectivity index (χ4n) is 1.06. The van der Waals surface area contributed by atoms with Gasteiger partial charge in [-0.3, -0.25) is 0 Å². The normalized spacial score (nSPS) is 27.9. The summed E-state index contributed by atoms with van der Waals surface area (Å²) in [6.45, 7) is 3.27. The molecule has 1 aliphatic heterocycles. The van der Waals surface area contributed by atoms with Crippen LogP contribution in [0.1, 0.15) is 6.42 Å². The van der Waals surface area contributed by atoms with Crippen LogP contribution in [0.15, 0.2) is 0 Å². The standard InChI is InChI=1S/C7H15NO2/c1-8-6-7-2-3-9-4-5-10-7/h7-8H,2-6H2,1H3. The van der Waals surface area contributed by atoms with Gasteiger partial charge in [0.15, 0.2) is 0 Å². The Labute approximate surface area is 61.7 Å². The molecule has 1 fully saturated rings. The molecular formula is C7H15NO2. The highest BCUT2D eigenvalue weighted by Crippen LogP contribution is 2.01. The third-order valence-corrected chi connectivity index (χ3v) is 1.60. The van der Waals surface area contributed by atoms with Crippen molar-refractivity contribution in [2.24, 2.45) is 0 Å². The molecule has 0 bridgehead atoms. The van der Waals surface area contributed by atoms with E-state index in [0.29, 0.717) is 6.10 Å². The first-order chi connectivity index (χ1) is 4.93.